The van der Waals surface area contributed by atoms with Crippen molar-refractivity contribution in [2.75, 3.05) is 18.6 Å². The molecule has 0 radical (unpaired) electrons. The van der Waals surface area contributed by atoms with E-state index in [-0.39, 0.29) is 10.8 Å². The second kappa shape index (κ2) is 8.47. The average molecular weight is 490 g/mol. The van der Waals surface area contributed by atoms with Crippen LogP contribution in [-0.2, 0) is 0 Å². The lowest BCUT2D eigenvalue weighted by Gasteiger charge is -2.45. The number of nitriles is 1. The van der Waals surface area contributed by atoms with E-state index in [1.807, 2.05) is 0 Å². The van der Waals surface area contributed by atoms with Gasteiger partial charge in [0.05, 0.1) is 17.3 Å². The highest BCUT2D eigenvalue weighted by Gasteiger charge is 2.56. The van der Waals surface area contributed by atoms with E-state index in [9.17, 15) is 22.8 Å². The number of nitrogens with zero attached hydrogens (tertiary/aromatic N) is 3. The highest BCUT2D eigenvalue weighted by Crippen LogP contribution is 2.52. The van der Waals surface area contributed by atoms with Crippen LogP contribution in [0.4, 0.5) is 23.2 Å². The van der Waals surface area contributed by atoms with Crippen molar-refractivity contribution in [2.24, 2.45) is 0 Å². The van der Waals surface area contributed by atoms with E-state index >= 15 is 0 Å². The number of allylic oxidation sites excluding steroid dienone is 1. The second-order valence-corrected chi connectivity index (χ2v) is 8.78. The maximum absolute atomic E-state index is 14.9. The molecule has 1 saturated carbocycles. The third-order valence-corrected chi connectivity index (χ3v) is 6.99. The lowest BCUT2D eigenvalue weighted by molar-refractivity contribution is 0.0105. The van der Waals surface area contributed by atoms with E-state index in [1.165, 1.54) is 17.2 Å². The van der Waals surface area contributed by atoms with E-state index in [4.69, 9.17) is 12.2 Å². The zero-order valence-corrected chi connectivity index (χ0v) is 19.3. The van der Waals surface area contributed by atoms with Crippen LogP contribution in [0.1, 0.15) is 24.8 Å². The number of dihydropyridines is 1. The van der Waals surface area contributed by atoms with Crippen LogP contribution in [0.3, 0.4) is 0 Å². The molecule has 1 aromatic rings. The van der Waals surface area contributed by atoms with Gasteiger partial charge in [-0.2, -0.15) is 14.0 Å². The minimum Gasteiger partial charge on any atom is -0.388 e. The quantitative estimate of drug-likeness (QED) is 0.445. The molecule has 1 atom stereocenters. The number of thiocarbonyl (C=S) groups is 1. The fourth-order valence-electron chi connectivity index (χ4n) is 4.58. The van der Waals surface area contributed by atoms with Crippen molar-refractivity contribution >= 4 is 28.7 Å². The number of alkyl halides is 3. The zero-order valence-electron chi connectivity index (χ0n) is 18.5. The third kappa shape index (κ3) is 3.46. The highest BCUT2D eigenvalue weighted by molar-refractivity contribution is 7.80. The fourth-order valence-corrected chi connectivity index (χ4v) is 5.07. The van der Waals surface area contributed by atoms with Gasteiger partial charge in [0.25, 0.3) is 5.92 Å². The summed E-state index contributed by atoms with van der Waals surface area (Å²) < 4.78 is 56.6. The van der Waals surface area contributed by atoms with Crippen molar-refractivity contribution < 1.29 is 17.6 Å². The van der Waals surface area contributed by atoms with Gasteiger partial charge in [0.1, 0.15) is 11.9 Å². The third-order valence-electron chi connectivity index (χ3n) is 6.63. The minimum atomic E-state index is -3.82. The molecule has 1 aromatic carbocycles. The van der Waals surface area contributed by atoms with Crippen molar-refractivity contribution in [1.29, 1.82) is 5.26 Å². The summed E-state index contributed by atoms with van der Waals surface area (Å²) in [7, 11) is 1.65. The smallest absolute Gasteiger partial charge is 0.300 e. The molecule has 3 aliphatic rings. The Balaban J connectivity index is 1.76. The number of benzene rings is 1. The number of rotatable bonds is 6. The van der Waals surface area contributed by atoms with Crippen LogP contribution in [0.25, 0.3) is 5.70 Å². The summed E-state index contributed by atoms with van der Waals surface area (Å²) >= 11 is 5.73. The van der Waals surface area contributed by atoms with Gasteiger partial charge in [-0.3, -0.25) is 4.90 Å². The van der Waals surface area contributed by atoms with Gasteiger partial charge in [-0.15, -0.1) is 0 Å². The molecule has 2 aliphatic heterocycles. The Morgan fingerprint density at radius 3 is 2.65 bits per heavy atom. The molecule has 2 fully saturated rings. The van der Waals surface area contributed by atoms with Crippen LogP contribution in [0.2, 0.25) is 0 Å². The van der Waals surface area contributed by atoms with Crippen LogP contribution < -0.4 is 15.5 Å². The largest absolute Gasteiger partial charge is 0.388 e. The Hall–Kier alpha value is -3.32. The molecular weight excluding hydrogens is 466 g/mol. The molecule has 34 heavy (non-hydrogen) atoms. The Bertz CT molecular complexity index is 1180. The van der Waals surface area contributed by atoms with E-state index < -0.39 is 35.6 Å². The molecule has 178 valence electrons. The fraction of sp³-hybridized carbons (Fsp3) is 0.333. The summed E-state index contributed by atoms with van der Waals surface area (Å²) in [5.41, 5.74) is 0.680. The molecule has 0 bridgehead atoms. The van der Waals surface area contributed by atoms with Crippen molar-refractivity contribution in [3.63, 3.8) is 0 Å². The number of halogens is 4. The summed E-state index contributed by atoms with van der Waals surface area (Å²) in [4.78, 5) is 3.32. The zero-order chi connectivity index (χ0) is 24.8. The molecule has 2 N–H and O–H groups in total. The molecule has 2 heterocycles. The monoisotopic (exact) mass is 489 g/mol. The summed E-state index contributed by atoms with van der Waals surface area (Å²) in [5.74, 6) is -4.31. The molecule has 1 saturated heterocycles. The second-order valence-electron chi connectivity index (χ2n) is 8.41. The average Bonchev–Trinajstić information content (AvgIpc) is 3.04. The molecule has 0 amide bonds. The van der Waals surface area contributed by atoms with E-state index in [2.05, 4.69) is 23.8 Å². The van der Waals surface area contributed by atoms with Crippen LogP contribution in [0, 0.1) is 17.1 Å². The Labute approximate surface area is 200 Å². The van der Waals surface area contributed by atoms with Gasteiger partial charge in [0.15, 0.2) is 11.8 Å². The molecule has 1 aliphatic carbocycles. The predicted octanol–water partition coefficient (Wildman–Crippen LogP) is 4.73. The van der Waals surface area contributed by atoms with Crippen molar-refractivity contribution in [2.45, 2.75) is 36.8 Å². The van der Waals surface area contributed by atoms with Crippen molar-refractivity contribution in [1.82, 2.24) is 15.5 Å². The van der Waals surface area contributed by atoms with Crippen LogP contribution >= 0.6 is 12.2 Å². The Kier molecular flexibility index (Phi) is 5.94. The van der Waals surface area contributed by atoms with Crippen LogP contribution in [-0.4, -0.2) is 41.2 Å². The Morgan fingerprint density at radius 1 is 1.41 bits per heavy atom. The maximum atomic E-state index is 14.9. The summed E-state index contributed by atoms with van der Waals surface area (Å²) in [6.07, 6.45) is 4.73. The first-order valence-electron chi connectivity index (χ1n) is 10.6. The minimum absolute atomic E-state index is 0.207. The van der Waals surface area contributed by atoms with Gasteiger partial charge in [0, 0.05) is 41.5 Å². The summed E-state index contributed by atoms with van der Waals surface area (Å²) in [6, 6.07) is 5.02. The van der Waals surface area contributed by atoms with Crippen LogP contribution in [0.15, 0.2) is 60.6 Å². The first kappa shape index (κ1) is 23.8. The van der Waals surface area contributed by atoms with Gasteiger partial charge in [-0.05, 0) is 55.8 Å². The SMILES string of the molecule is C=C(NC)c1ccc(N2C(=S)N(C3=CNC(C#N)C(C(F)(F)CF)=C3)C(=C)C23CCC3)cc1F. The number of anilines is 1. The van der Waals surface area contributed by atoms with Gasteiger partial charge in [0.2, 0.25) is 0 Å². The first-order chi connectivity index (χ1) is 16.1. The molecule has 1 unspecified atom stereocenters. The first-order valence-corrected chi connectivity index (χ1v) is 11.0. The number of hydrogen-bond acceptors (Lipinski definition) is 4. The van der Waals surface area contributed by atoms with Gasteiger partial charge < -0.3 is 15.5 Å². The predicted molar refractivity (Wildman–Crippen MR) is 127 cm³/mol. The standard InChI is InChI=1S/C24H23F4N5S/c1-14(30-3)18-6-5-16(10-20(18)26)33-22(34)32(15(2)23(33)7-4-8-23)17-9-19(24(27,28)13-25)21(11-29)31-12-17/h5-6,9-10,12,21,30-31H,1-2,4,7-8,13H2,3H3. The molecule has 5 nitrogen and oxygen atoms in total. The summed E-state index contributed by atoms with van der Waals surface area (Å²) in [5, 5.41) is 14.9. The molecular formula is C24H23F4N5S. The van der Waals surface area contributed by atoms with Gasteiger partial charge in [-0.25, -0.2) is 8.78 Å². The topological polar surface area (TPSA) is 54.3 Å². The number of hydrogen-bond donors (Lipinski definition) is 2. The number of nitrogens with one attached hydrogen (secondary N) is 2. The van der Waals surface area contributed by atoms with Crippen LogP contribution in [0.5, 0.6) is 0 Å². The molecule has 1 spiro atoms. The van der Waals surface area contributed by atoms with E-state index in [1.54, 1.807) is 30.1 Å². The van der Waals surface area contributed by atoms with Crippen molar-refractivity contribution in [3.05, 3.63) is 72.0 Å². The van der Waals surface area contributed by atoms with Gasteiger partial charge >= 0.3 is 0 Å². The van der Waals surface area contributed by atoms with Crippen molar-refractivity contribution in [3.8, 4) is 6.07 Å². The lowest BCUT2D eigenvalue weighted by Crippen LogP contribution is -2.51. The maximum Gasteiger partial charge on any atom is 0.300 e. The Morgan fingerprint density at radius 2 is 2.12 bits per heavy atom. The van der Waals surface area contributed by atoms with E-state index in [0.717, 1.165) is 12.5 Å². The van der Waals surface area contributed by atoms with E-state index in [0.29, 0.717) is 35.5 Å². The molecule has 4 rings (SSSR count). The summed E-state index contributed by atoms with van der Waals surface area (Å²) in [6.45, 7) is 6.05. The molecule has 0 aromatic heterocycles. The molecule has 10 heteroatoms. The highest BCUT2D eigenvalue weighted by atomic mass is 32.1. The van der Waals surface area contributed by atoms with Gasteiger partial charge in [-0.1, -0.05) is 13.2 Å². The normalized spacial score (nSPS) is 21.5. The lowest BCUT2D eigenvalue weighted by atomic mass is 9.74.